The van der Waals surface area contributed by atoms with Gasteiger partial charge in [-0.3, -0.25) is 4.79 Å². The van der Waals surface area contributed by atoms with E-state index >= 15 is 0 Å². The van der Waals surface area contributed by atoms with E-state index in [1.54, 1.807) is 0 Å². The number of carbonyl (C=O) groups is 1. The zero-order valence-corrected chi connectivity index (χ0v) is 10.4. The summed E-state index contributed by atoms with van der Waals surface area (Å²) in [7, 11) is 0. The van der Waals surface area contributed by atoms with Gasteiger partial charge in [-0.1, -0.05) is 27.7 Å². The molecule has 1 aliphatic heterocycles. The zero-order valence-electron chi connectivity index (χ0n) is 10.4. The molecule has 3 heteroatoms. The van der Waals surface area contributed by atoms with Gasteiger partial charge in [-0.2, -0.15) is 0 Å². The van der Waals surface area contributed by atoms with Crippen LogP contribution >= 0.6 is 0 Å². The maximum absolute atomic E-state index is 11.8. The van der Waals surface area contributed by atoms with E-state index in [0.717, 1.165) is 26.1 Å². The van der Waals surface area contributed by atoms with Crippen LogP contribution in [0.4, 0.5) is 0 Å². The predicted molar refractivity (Wildman–Crippen MR) is 62.6 cm³/mol. The van der Waals surface area contributed by atoms with Crippen molar-refractivity contribution in [3.05, 3.63) is 0 Å². The standard InChI is InChI=1S/C12H24N2O/c1-9(2)12(3,4)8-14-11(15)10-5-6-13-7-10/h9-10,13H,5-8H2,1-4H3,(H,14,15). The summed E-state index contributed by atoms with van der Waals surface area (Å²) in [5.74, 6) is 0.987. The minimum Gasteiger partial charge on any atom is -0.355 e. The van der Waals surface area contributed by atoms with Gasteiger partial charge >= 0.3 is 0 Å². The molecule has 0 spiro atoms. The molecule has 1 rings (SSSR count). The summed E-state index contributed by atoms with van der Waals surface area (Å²) in [6.07, 6.45) is 0.980. The summed E-state index contributed by atoms with van der Waals surface area (Å²) in [6.45, 7) is 11.4. The first kappa shape index (κ1) is 12.5. The minimum absolute atomic E-state index is 0.182. The van der Waals surface area contributed by atoms with Gasteiger partial charge in [0.05, 0.1) is 5.92 Å². The fraction of sp³-hybridized carbons (Fsp3) is 0.917. The topological polar surface area (TPSA) is 41.1 Å². The highest BCUT2D eigenvalue weighted by molar-refractivity contribution is 5.79. The van der Waals surface area contributed by atoms with Crippen molar-refractivity contribution in [1.82, 2.24) is 10.6 Å². The Kier molecular flexibility index (Phi) is 4.14. The molecule has 0 aliphatic carbocycles. The number of hydrogen-bond acceptors (Lipinski definition) is 2. The van der Waals surface area contributed by atoms with Crippen molar-refractivity contribution in [2.45, 2.75) is 34.1 Å². The third-order valence-corrected chi connectivity index (χ3v) is 3.71. The molecular weight excluding hydrogens is 188 g/mol. The van der Waals surface area contributed by atoms with Crippen LogP contribution < -0.4 is 10.6 Å². The summed E-state index contributed by atoms with van der Waals surface area (Å²) in [6, 6.07) is 0. The molecule has 0 aromatic rings. The Bertz CT molecular complexity index is 218. The van der Waals surface area contributed by atoms with Crippen molar-refractivity contribution in [2.75, 3.05) is 19.6 Å². The van der Waals surface area contributed by atoms with E-state index in [0.29, 0.717) is 5.92 Å². The number of hydrogen-bond donors (Lipinski definition) is 2. The Hall–Kier alpha value is -0.570. The first-order valence-corrected chi connectivity index (χ1v) is 5.92. The maximum Gasteiger partial charge on any atom is 0.224 e. The lowest BCUT2D eigenvalue weighted by molar-refractivity contribution is -0.125. The summed E-state index contributed by atoms with van der Waals surface area (Å²) < 4.78 is 0. The van der Waals surface area contributed by atoms with Crippen LogP contribution in [0.15, 0.2) is 0 Å². The van der Waals surface area contributed by atoms with Gasteiger partial charge in [-0.25, -0.2) is 0 Å². The third-order valence-electron chi connectivity index (χ3n) is 3.71. The lowest BCUT2D eigenvalue weighted by Crippen LogP contribution is -2.40. The highest BCUT2D eigenvalue weighted by atomic mass is 16.1. The number of rotatable bonds is 4. The van der Waals surface area contributed by atoms with Crippen molar-refractivity contribution in [3.8, 4) is 0 Å². The van der Waals surface area contributed by atoms with Gasteiger partial charge in [-0.15, -0.1) is 0 Å². The molecule has 15 heavy (non-hydrogen) atoms. The molecule has 1 unspecified atom stereocenters. The van der Waals surface area contributed by atoms with E-state index in [-0.39, 0.29) is 17.2 Å². The monoisotopic (exact) mass is 212 g/mol. The lowest BCUT2D eigenvalue weighted by atomic mass is 9.81. The van der Waals surface area contributed by atoms with Crippen LogP contribution in [-0.4, -0.2) is 25.5 Å². The van der Waals surface area contributed by atoms with E-state index < -0.39 is 0 Å². The van der Waals surface area contributed by atoms with Gasteiger partial charge in [0.2, 0.25) is 5.91 Å². The molecule has 1 amide bonds. The third kappa shape index (κ3) is 3.49. The predicted octanol–water partition coefficient (Wildman–Crippen LogP) is 1.39. The molecule has 1 aliphatic rings. The normalized spacial score (nSPS) is 22.1. The zero-order chi connectivity index (χ0) is 11.5. The van der Waals surface area contributed by atoms with Gasteiger partial charge in [0, 0.05) is 13.1 Å². The van der Waals surface area contributed by atoms with Crippen LogP contribution in [0.5, 0.6) is 0 Å². The number of carbonyl (C=O) groups excluding carboxylic acids is 1. The lowest BCUT2D eigenvalue weighted by Gasteiger charge is -2.29. The molecule has 0 aromatic carbocycles. The fourth-order valence-electron chi connectivity index (χ4n) is 1.54. The molecule has 3 nitrogen and oxygen atoms in total. The highest BCUT2D eigenvalue weighted by Crippen LogP contribution is 2.24. The Morgan fingerprint density at radius 3 is 2.67 bits per heavy atom. The van der Waals surface area contributed by atoms with Crippen molar-refractivity contribution in [1.29, 1.82) is 0 Å². The number of nitrogens with one attached hydrogen (secondary N) is 2. The van der Waals surface area contributed by atoms with Crippen LogP contribution in [0, 0.1) is 17.3 Å². The molecule has 0 radical (unpaired) electrons. The summed E-state index contributed by atoms with van der Waals surface area (Å²) in [5, 5.41) is 6.28. The van der Waals surface area contributed by atoms with Crippen molar-refractivity contribution >= 4 is 5.91 Å². The molecule has 1 fully saturated rings. The molecular formula is C12H24N2O. The Morgan fingerprint density at radius 2 is 2.20 bits per heavy atom. The smallest absolute Gasteiger partial charge is 0.224 e. The fourth-order valence-corrected chi connectivity index (χ4v) is 1.54. The largest absolute Gasteiger partial charge is 0.355 e. The van der Waals surface area contributed by atoms with Gasteiger partial charge in [0.1, 0.15) is 0 Å². The Morgan fingerprint density at radius 1 is 1.53 bits per heavy atom. The van der Waals surface area contributed by atoms with E-state index in [1.165, 1.54) is 0 Å². The molecule has 0 bridgehead atoms. The van der Waals surface area contributed by atoms with Crippen LogP contribution in [0.1, 0.15) is 34.1 Å². The van der Waals surface area contributed by atoms with Gasteiger partial charge in [0.15, 0.2) is 0 Å². The molecule has 1 saturated heterocycles. The summed E-state index contributed by atoms with van der Waals surface area (Å²) in [5.41, 5.74) is 0.182. The average molecular weight is 212 g/mol. The minimum atomic E-state index is 0.182. The van der Waals surface area contributed by atoms with Gasteiger partial charge < -0.3 is 10.6 Å². The van der Waals surface area contributed by atoms with Crippen molar-refractivity contribution < 1.29 is 4.79 Å². The Labute approximate surface area is 93.0 Å². The summed E-state index contributed by atoms with van der Waals surface area (Å²) >= 11 is 0. The van der Waals surface area contributed by atoms with Crippen LogP contribution in [0.3, 0.4) is 0 Å². The maximum atomic E-state index is 11.8. The second-order valence-electron chi connectivity index (χ2n) is 5.55. The second kappa shape index (κ2) is 4.97. The van der Waals surface area contributed by atoms with Gasteiger partial charge in [-0.05, 0) is 24.3 Å². The molecule has 1 atom stereocenters. The highest BCUT2D eigenvalue weighted by Gasteiger charge is 2.26. The van der Waals surface area contributed by atoms with E-state index in [9.17, 15) is 4.79 Å². The first-order valence-electron chi connectivity index (χ1n) is 5.92. The average Bonchev–Trinajstić information content (AvgIpc) is 2.66. The molecule has 88 valence electrons. The van der Waals surface area contributed by atoms with Crippen molar-refractivity contribution in [2.24, 2.45) is 17.3 Å². The van der Waals surface area contributed by atoms with Crippen LogP contribution in [-0.2, 0) is 4.79 Å². The van der Waals surface area contributed by atoms with Gasteiger partial charge in [0.25, 0.3) is 0 Å². The molecule has 0 aromatic heterocycles. The van der Waals surface area contributed by atoms with Crippen LogP contribution in [0.2, 0.25) is 0 Å². The van der Waals surface area contributed by atoms with E-state index in [2.05, 4.69) is 38.3 Å². The number of amides is 1. The van der Waals surface area contributed by atoms with E-state index in [1.807, 2.05) is 0 Å². The molecule has 0 saturated carbocycles. The van der Waals surface area contributed by atoms with Crippen molar-refractivity contribution in [3.63, 3.8) is 0 Å². The second-order valence-corrected chi connectivity index (χ2v) is 5.55. The van der Waals surface area contributed by atoms with E-state index in [4.69, 9.17) is 0 Å². The summed E-state index contributed by atoms with van der Waals surface area (Å²) in [4.78, 5) is 11.8. The SMILES string of the molecule is CC(C)C(C)(C)CNC(=O)C1CCNC1. The Balaban J connectivity index is 2.33. The quantitative estimate of drug-likeness (QED) is 0.739. The molecule has 2 N–H and O–H groups in total. The molecule has 1 heterocycles. The van der Waals surface area contributed by atoms with Crippen LogP contribution in [0.25, 0.3) is 0 Å². The first-order chi connectivity index (χ1) is 6.93.